The fourth-order valence-corrected chi connectivity index (χ4v) is 2.95. The third kappa shape index (κ3) is 5.23. The molecule has 32 heavy (non-hydrogen) atoms. The molecular weight excluding hydrogens is 410 g/mol. The van der Waals surface area contributed by atoms with Crippen molar-refractivity contribution in [2.75, 3.05) is 19.5 Å². The Kier molecular flexibility index (Phi) is 7.07. The lowest BCUT2D eigenvalue weighted by Crippen LogP contribution is -2.21. The van der Waals surface area contributed by atoms with Crippen molar-refractivity contribution in [2.24, 2.45) is 5.10 Å². The predicted octanol–water partition coefficient (Wildman–Crippen LogP) is 3.73. The van der Waals surface area contributed by atoms with Crippen molar-refractivity contribution in [3.8, 4) is 17.2 Å². The summed E-state index contributed by atoms with van der Waals surface area (Å²) in [5.41, 5.74) is 4.79. The number of benzene rings is 3. The monoisotopic (exact) mass is 433 g/mol. The summed E-state index contributed by atoms with van der Waals surface area (Å²) in [6.45, 7) is 1.77. The van der Waals surface area contributed by atoms with Gasteiger partial charge in [-0.3, -0.25) is 9.59 Å². The molecule has 0 radical (unpaired) electrons. The number of phenols is 1. The Morgan fingerprint density at radius 3 is 2.41 bits per heavy atom. The van der Waals surface area contributed by atoms with Gasteiger partial charge in [0.25, 0.3) is 11.8 Å². The summed E-state index contributed by atoms with van der Waals surface area (Å²) in [6, 6.07) is 16.4. The number of hydrazone groups is 1. The van der Waals surface area contributed by atoms with Crippen molar-refractivity contribution >= 4 is 23.7 Å². The molecule has 0 aliphatic carbocycles. The van der Waals surface area contributed by atoms with Gasteiger partial charge in [-0.1, -0.05) is 12.1 Å². The molecule has 0 saturated carbocycles. The van der Waals surface area contributed by atoms with Gasteiger partial charge < -0.3 is 19.9 Å². The second-order valence-corrected chi connectivity index (χ2v) is 6.81. The highest BCUT2D eigenvalue weighted by Gasteiger charge is 2.15. The fraction of sp³-hybridized carbons (Fsp3) is 0.125. The first-order valence-electron chi connectivity index (χ1n) is 9.68. The van der Waals surface area contributed by atoms with E-state index in [-0.39, 0.29) is 11.3 Å². The summed E-state index contributed by atoms with van der Waals surface area (Å²) in [4.78, 5) is 25.4. The number of aromatic hydroxyl groups is 1. The molecule has 0 heterocycles. The Labute approximate surface area is 185 Å². The highest BCUT2D eigenvalue weighted by atomic mass is 16.5. The van der Waals surface area contributed by atoms with Gasteiger partial charge in [0.1, 0.15) is 5.75 Å². The number of aryl methyl sites for hydroxylation is 1. The summed E-state index contributed by atoms with van der Waals surface area (Å²) in [5, 5.41) is 16.3. The number of hydrogen-bond acceptors (Lipinski definition) is 6. The molecule has 3 aromatic carbocycles. The summed E-state index contributed by atoms with van der Waals surface area (Å²) < 4.78 is 10.4. The molecule has 0 aliphatic rings. The zero-order chi connectivity index (χ0) is 23.1. The van der Waals surface area contributed by atoms with Crippen molar-refractivity contribution in [3.63, 3.8) is 0 Å². The van der Waals surface area contributed by atoms with Crippen LogP contribution in [0.3, 0.4) is 0 Å². The maximum Gasteiger partial charge on any atom is 0.273 e. The normalized spacial score (nSPS) is 10.6. The number of phenolic OH excluding ortho intramolecular Hbond substituents is 1. The van der Waals surface area contributed by atoms with Crippen LogP contribution in [0.4, 0.5) is 5.69 Å². The number of methoxy groups -OCH3 is 2. The minimum Gasteiger partial charge on any atom is -0.508 e. The Bertz CT molecular complexity index is 1170. The first-order valence-corrected chi connectivity index (χ1v) is 9.68. The molecule has 3 aromatic rings. The summed E-state index contributed by atoms with van der Waals surface area (Å²) in [5.74, 6) is 0.218. The topological polar surface area (TPSA) is 109 Å². The molecule has 0 saturated heterocycles. The predicted molar refractivity (Wildman–Crippen MR) is 122 cm³/mol. The molecule has 0 bridgehead atoms. The lowest BCUT2D eigenvalue weighted by molar-refractivity contribution is 0.0956. The van der Waals surface area contributed by atoms with Crippen molar-refractivity contribution in [1.82, 2.24) is 5.43 Å². The molecule has 0 atom stereocenters. The number of carbonyl (C=O) groups is 2. The van der Waals surface area contributed by atoms with Gasteiger partial charge in [-0.15, -0.1) is 0 Å². The number of carbonyl (C=O) groups excluding carboxylic acids is 2. The maximum atomic E-state index is 12.7. The zero-order valence-electron chi connectivity index (χ0n) is 17.9. The molecular formula is C24H23N3O5. The molecule has 3 rings (SSSR count). The number of para-hydroxylation sites is 1. The molecule has 0 spiro atoms. The highest BCUT2D eigenvalue weighted by molar-refractivity contribution is 6.09. The molecule has 2 amide bonds. The zero-order valence-corrected chi connectivity index (χ0v) is 17.9. The van der Waals surface area contributed by atoms with Gasteiger partial charge in [0.15, 0.2) is 11.5 Å². The quantitative estimate of drug-likeness (QED) is 0.389. The molecule has 0 fully saturated rings. The largest absolute Gasteiger partial charge is 0.508 e. The van der Waals surface area contributed by atoms with Crippen LogP contribution in [0.1, 0.15) is 31.8 Å². The summed E-state index contributed by atoms with van der Waals surface area (Å²) >= 11 is 0. The number of ether oxygens (including phenoxy) is 2. The standard InChI is InChI=1S/C24H23N3O5/c1-15-12-16(8-10-20(15)28)14-25-27-24(30)18-6-4-5-7-19(18)26-23(29)17-9-11-21(31-2)22(13-17)32-3/h4-14,28H,1-3H3,(H,26,29)(H,27,30). The van der Waals surface area contributed by atoms with Crippen LogP contribution in [0.2, 0.25) is 0 Å². The van der Waals surface area contributed by atoms with E-state index >= 15 is 0 Å². The number of hydrogen-bond donors (Lipinski definition) is 3. The SMILES string of the molecule is COc1ccc(C(=O)Nc2ccccc2C(=O)NN=Cc2ccc(O)c(C)c2)cc1OC. The van der Waals surface area contributed by atoms with Gasteiger partial charge in [-0.05, 0) is 66.6 Å². The van der Waals surface area contributed by atoms with Crippen molar-refractivity contribution < 1.29 is 24.2 Å². The van der Waals surface area contributed by atoms with Gasteiger partial charge in [0.05, 0.1) is 31.7 Å². The number of rotatable bonds is 7. The van der Waals surface area contributed by atoms with Crippen LogP contribution in [0, 0.1) is 6.92 Å². The van der Waals surface area contributed by atoms with Gasteiger partial charge in [-0.25, -0.2) is 5.43 Å². The molecule has 3 N–H and O–H groups in total. The van der Waals surface area contributed by atoms with Crippen LogP contribution in [-0.4, -0.2) is 37.4 Å². The Morgan fingerprint density at radius 2 is 1.69 bits per heavy atom. The maximum absolute atomic E-state index is 12.7. The molecule has 0 aliphatic heterocycles. The van der Waals surface area contributed by atoms with Crippen molar-refractivity contribution in [1.29, 1.82) is 0 Å². The average molecular weight is 433 g/mol. The van der Waals surface area contributed by atoms with Crippen molar-refractivity contribution in [2.45, 2.75) is 6.92 Å². The molecule has 0 aromatic heterocycles. The second kappa shape index (κ2) is 10.1. The van der Waals surface area contributed by atoms with E-state index in [1.807, 2.05) is 0 Å². The molecule has 8 nitrogen and oxygen atoms in total. The van der Waals surface area contributed by atoms with Gasteiger partial charge in [0.2, 0.25) is 0 Å². The Balaban J connectivity index is 1.73. The van der Waals surface area contributed by atoms with Crippen LogP contribution < -0.4 is 20.2 Å². The number of nitrogens with zero attached hydrogens (tertiary/aromatic N) is 1. The first-order chi connectivity index (χ1) is 15.4. The van der Waals surface area contributed by atoms with E-state index in [0.29, 0.717) is 28.3 Å². The van der Waals surface area contributed by atoms with Crippen LogP contribution in [0.25, 0.3) is 0 Å². The lowest BCUT2D eigenvalue weighted by Gasteiger charge is -2.12. The van der Waals surface area contributed by atoms with Crippen LogP contribution in [-0.2, 0) is 0 Å². The third-order valence-electron chi connectivity index (χ3n) is 4.67. The Morgan fingerprint density at radius 1 is 0.938 bits per heavy atom. The van der Waals surface area contributed by atoms with Crippen LogP contribution in [0.5, 0.6) is 17.2 Å². The number of anilines is 1. The van der Waals surface area contributed by atoms with Crippen molar-refractivity contribution in [3.05, 3.63) is 82.9 Å². The Hall–Kier alpha value is -4.33. The highest BCUT2D eigenvalue weighted by Crippen LogP contribution is 2.28. The average Bonchev–Trinajstić information content (AvgIpc) is 2.81. The second-order valence-electron chi connectivity index (χ2n) is 6.81. The third-order valence-corrected chi connectivity index (χ3v) is 4.67. The smallest absolute Gasteiger partial charge is 0.273 e. The van der Waals surface area contributed by atoms with Crippen LogP contribution in [0.15, 0.2) is 65.8 Å². The van der Waals surface area contributed by atoms with E-state index in [9.17, 15) is 14.7 Å². The molecule has 0 unspecified atom stereocenters. The minimum atomic E-state index is -0.486. The van der Waals surface area contributed by atoms with E-state index in [0.717, 1.165) is 5.56 Å². The molecule has 8 heteroatoms. The fourth-order valence-electron chi connectivity index (χ4n) is 2.95. The number of amides is 2. The van der Waals surface area contributed by atoms with Gasteiger partial charge >= 0.3 is 0 Å². The van der Waals surface area contributed by atoms with E-state index < -0.39 is 11.8 Å². The van der Waals surface area contributed by atoms with E-state index in [1.54, 1.807) is 67.6 Å². The van der Waals surface area contributed by atoms with E-state index in [4.69, 9.17) is 9.47 Å². The van der Waals surface area contributed by atoms with Gasteiger partial charge in [-0.2, -0.15) is 5.10 Å². The van der Waals surface area contributed by atoms with Crippen LogP contribution >= 0.6 is 0 Å². The molecule has 164 valence electrons. The summed E-state index contributed by atoms with van der Waals surface area (Å²) in [7, 11) is 3.00. The minimum absolute atomic E-state index is 0.185. The van der Waals surface area contributed by atoms with E-state index in [2.05, 4.69) is 15.8 Å². The number of nitrogens with one attached hydrogen (secondary N) is 2. The summed E-state index contributed by atoms with van der Waals surface area (Å²) in [6.07, 6.45) is 1.47. The van der Waals surface area contributed by atoms with E-state index in [1.165, 1.54) is 20.4 Å². The first kappa shape index (κ1) is 22.4. The van der Waals surface area contributed by atoms with Gasteiger partial charge in [0, 0.05) is 5.56 Å². The lowest BCUT2D eigenvalue weighted by atomic mass is 10.1.